The van der Waals surface area contributed by atoms with Gasteiger partial charge in [0.25, 0.3) is 0 Å². The Labute approximate surface area is 146 Å². The van der Waals surface area contributed by atoms with Crippen LogP contribution in [0.2, 0.25) is 10.0 Å². The van der Waals surface area contributed by atoms with Crippen LogP contribution in [0.4, 0.5) is 5.69 Å². The number of benzene rings is 1. The Morgan fingerprint density at radius 2 is 1.91 bits per heavy atom. The Morgan fingerprint density at radius 3 is 2.48 bits per heavy atom. The van der Waals surface area contributed by atoms with Gasteiger partial charge in [0.1, 0.15) is 0 Å². The molecule has 0 bridgehead atoms. The average Bonchev–Trinajstić information content (AvgIpc) is 2.72. The molecule has 4 nitrogen and oxygen atoms in total. The van der Waals surface area contributed by atoms with Crippen LogP contribution in [0, 0.1) is 16.7 Å². The highest BCUT2D eigenvalue weighted by atomic mass is 35.5. The molecule has 0 saturated heterocycles. The van der Waals surface area contributed by atoms with E-state index in [2.05, 4.69) is 5.32 Å². The molecule has 0 aliphatic heterocycles. The number of anilines is 1. The Hall–Kier alpha value is -1.26. The molecular formula is C17H21Cl2NO3. The van der Waals surface area contributed by atoms with Gasteiger partial charge in [-0.05, 0) is 43.4 Å². The van der Waals surface area contributed by atoms with Gasteiger partial charge < -0.3 is 10.1 Å². The summed E-state index contributed by atoms with van der Waals surface area (Å²) in [6, 6.07) is 4.92. The van der Waals surface area contributed by atoms with Crippen molar-refractivity contribution in [3.8, 4) is 0 Å². The summed E-state index contributed by atoms with van der Waals surface area (Å²) < 4.78 is 4.94. The molecule has 0 radical (unpaired) electrons. The Kier molecular flexibility index (Phi) is 4.97. The van der Waals surface area contributed by atoms with Crippen molar-refractivity contribution in [3.63, 3.8) is 0 Å². The highest BCUT2D eigenvalue weighted by molar-refractivity contribution is 6.36. The number of nitrogens with one attached hydrogen (secondary N) is 1. The van der Waals surface area contributed by atoms with Crippen LogP contribution in [-0.4, -0.2) is 19.0 Å². The van der Waals surface area contributed by atoms with E-state index in [0.717, 1.165) is 0 Å². The Morgan fingerprint density at radius 1 is 1.26 bits per heavy atom. The minimum absolute atomic E-state index is 0.146. The molecule has 1 amide bonds. The van der Waals surface area contributed by atoms with Crippen LogP contribution in [0.25, 0.3) is 0 Å². The maximum Gasteiger partial charge on any atom is 0.312 e. The lowest BCUT2D eigenvalue weighted by Gasteiger charge is -2.38. The van der Waals surface area contributed by atoms with Gasteiger partial charge in [-0.3, -0.25) is 9.59 Å². The first-order chi connectivity index (χ1) is 10.6. The fraction of sp³-hybridized carbons (Fsp3) is 0.529. The van der Waals surface area contributed by atoms with Gasteiger partial charge in [0.15, 0.2) is 0 Å². The van der Waals surface area contributed by atoms with E-state index in [1.165, 1.54) is 7.11 Å². The number of amides is 1. The van der Waals surface area contributed by atoms with Gasteiger partial charge in [0.05, 0.1) is 23.2 Å². The standard InChI is InChI=1S/C17H21Cl2NO3/c1-16(2)11(7-8-17(16,3)15(22)23-4)14(21)20-13-6-5-10(18)9-12(13)19/h5-6,9,11H,7-8H2,1-4H3,(H,20,21)/t11-,17-/m0/s1. The van der Waals surface area contributed by atoms with Gasteiger partial charge >= 0.3 is 5.97 Å². The van der Waals surface area contributed by atoms with Crippen molar-refractivity contribution in [1.29, 1.82) is 0 Å². The predicted molar refractivity (Wildman–Crippen MR) is 91.7 cm³/mol. The smallest absolute Gasteiger partial charge is 0.312 e. The monoisotopic (exact) mass is 357 g/mol. The lowest BCUT2D eigenvalue weighted by Crippen LogP contribution is -2.44. The van der Waals surface area contributed by atoms with Gasteiger partial charge in [0, 0.05) is 10.9 Å². The molecular weight excluding hydrogens is 337 g/mol. The fourth-order valence-corrected chi connectivity index (χ4v) is 3.82. The maximum atomic E-state index is 12.7. The molecule has 0 unspecified atom stereocenters. The first-order valence-electron chi connectivity index (χ1n) is 7.48. The quantitative estimate of drug-likeness (QED) is 0.807. The van der Waals surface area contributed by atoms with Crippen molar-refractivity contribution >= 4 is 40.8 Å². The molecule has 1 aliphatic carbocycles. The number of hydrogen-bond acceptors (Lipinski definition) is 3. The molecule has 0 heterocycles. The highest BCUT2D eigenvalue weighted by Gasteiger charge is 2.58. The van der Waals surface area contributed by atoms with Gasteiger partial charge in [-0.2, -0.15) is 0 Å². The lowest BCUT2D eigenvalue weighted by molar-refractivity contribution is -0.158. The highest BCUT2D eigenvalue weighted by Crippen LogP contribution is 2.56. The van der Waals surface area contributed by atoms with E-state index in [1.807, 2.05) is 20.8 Å². The van der Waals surface area contributed by atoms with E-state index in [0.29, 0.717) is 28.6 Å². The summed E-state index contributed by atoms with van der Waals surface area (Å²) >= 11 is 12.0. The van der Waals surface area contributed by atoms with E-state index in [9.17, 15) is 9.59 Å². The van der Waals surface area contributed by atoms with Crippen molar-refractivity contribution in [3.05, 3.63) is 28.2 Å². The molecule has 1 aliphatic rings. The molecule has 1 saturated carbocycles. The predicted octanol–water partition coefficient (Wildman–Crippen LogP) is 4.55. The molecule has 0 aromatic heterocycles. The maximum absolute atomic E-state index is 12.7. The molecule has 2 atom stereocenters. The zero-order valence-electron chi connectivity index (χ0n) is 13.7. The molecule has 1 fully saturated rings. The topological polar surface area (TPSA) is 55.4 Å². The van der Waals surface area contributed by atoms with Gasteiger partial charge in [-0.15, -0.1) is 0 Å². The summed E-state index contributed by atoms with van der Waals surface area (Å²) in [5.41, 5.74) is -0.695. The third kappa shape index (κ3) is 3.07. The minimum Gasteiger partial charge on any atom is -0.469 e. The summed E-state index contributed by atoms with van der Waals surface area (Å²) in [5, 5.41) is 3.74. The van der Waals surface area contributed by atoms with Crippen LogP contribution >= 0.6 is 23.2 Å². The number of hydrogen-bond donors (Lipinski definition) is 1. The largest absolute Gasteiger partial charge is 0.469 e. The van der Waals surface area contributed by atoms with Crippen molar-refractivity contribution in [2.24, 2.45) is 16.7 Å². The number of carbonyl (C=O) groups is 2. The fourth-order valence-electron chi connectivity index (χ4n) is 3.36. The minimum atomic E-state index is -0.687. The molecule has 2 rings (SSSR count). The van der Waals surface area contributed by atoms with Crippen LogP contribution in [0.15, 0.2) is 18.2 Å². The number of carbonyl (C=O) groups excluding carboxylic acids is 2. The van der Waals surface area contributed by atoms with E-state index >= 15 is 0 Å². The van der Waals surface area contributed by atoms with Crippen molar-refractivity contribution in [1.82, 2.24) is 0 Å². The number of methoxy groups -OCH3 is 1. The van der Waals surface area contributed by atoms with E-state index in [-0.39, 0.29) is 17.8 Å². The second-order valence-electron chi connectivity index (χ2n) is 6.75. The average molecular weight is 358 g/mol. The zero-order valence-corrected chi connectivity index (χ0v) is 15.2. The van der Waals surface area contributed by atoms with Crippen molar-refractivity contribution in [2.75, 3.05) is 12.4 Å². The van der Waals surface area contributed by atoms with E-state index in [1.54, 1.807) is 18.2 Å². The Bertz CT molecular complexity index is 645. The molecule has 1 aromatic rings. The first-order valence-corrected chi connectivity index (χ1v) is 8.23. The molecule has 23 heavy (non-hydrogen) atoms. The normalized spacial score (nSPS) is 25.9. The van der Waals surface area contributed by atoms with E-state index < -0.39 is 10.8 Å². The summed E-state index contributed by atoms with van der Waals surface area (Å²) in [5.74, 6) is -0.729. The number of halogens is 2. The van der Waals surface area contributed by atoms with Gasteiger partial charge in [0.2, 0.25) is 5.91 Å². The molecule has 126 valence electrons. The van der Waals surface area contributed by atoms with Crippen LogP contribution in [0.3, 0.4) is 0 Å². The lowest BCUT2D eigenvalue weighted by atomic mass is 9.65. The summed E-state index contributed by atoms with van der Waals surface area (Å²) in [4.78, 5) is 24.9. The van der Waals surface area contributed by atoms with Crippen LogP contribution in [0.1, 0.15) is 33.6 Å². The van der Waals surface area contributed by atoms with Crippen LogP contribution in [0.5, 0.6) is 0 Å². The van der Waals surface area contributed by atoms with Crippen LogP contribution < -0.4 is 5.32 Å². The summed E-state index contributed by atoms with van der Waals surface area (Å²) in [6.45, 7) is 5.73. The van der Waals surface area contributed by atoms with Gasteiger partial charge in [-0.25, -0.2) is 0 Å². The second-order valence-corrected chi connectivity index (χ2v) is 7.59. The molecule has 0 spiro atoms. The number of esters is 1. The number of rotatable bonds is 3. The van der Waals surface area contributed by atoms with Crippen LogP contribution in [-0.2, 0) is 14.3 Å². The van der Waals surface area contributed by atoms with E-state index in [4.69, 9.17) is 27.9 Å². The van der Waals surface area contributed by atoms with Crippen molar-refractivity contribution in [2.45, 2.75) is 33.6 Å². The molecule has 6 heteroatoms. The first kappa shape index (κ1) is 18.1. The zero-order chi connectivity index (χ0) is 17.4. The summed E-state index contributed by atoms with van der Waals surface area (Å²) in [6.07, 6.45) is 1.23. The summed E-state index contributed by atoms with van der Waals surface area (Å²) in [7, 11) is 1.38. The Balaban J connectivity index is 2.22. The number of ether oxygens (including phenoxy) is 1. The third-order valence-electron chi connectivity index (χ3n) is 5.37. The third-order valence-corrected chi connectivity index (χ3v) is 5.92. The second kappa shape index (κ2) is 6.33. The molecule has 1 N–H and O–H groups in total. The molecule has 1 aromatic carbocycles. The SMILES string of the molecule is COC(=O)[C@]1(C)CC[C@@H](C(=O)Nc2ccc(Cl)cc2Cl)C1(C)C. The van der Waals surface area contributed by atoms with Gasteiger partial charge in [-0.1, -0.05) is 37.0 Å². The van der Waals surface area contributed by atoms with Crippen molar-refractivity contribution < 1.29 is 14.3 Å².